The Balaban J connectivity index is 2.38. The summed E-state index contributed by atoms with van der Waals surface area (Å²) in [4.78, 5) is 16.4. The van der Waals surface area contributed by atoms with Crippen LogP contribution in [0.3, 0.4) is 0 Å². The number of carbonyl (C=O) groups excluding carboxylic acids is 1. The molecule has 0 radical (unpaired) electrons. The van der Waals surface area contributed by atoms with Gasteiger partial charge in [-0.15, -0.1) is 0 Å². The molecule has 0 aliphatic carbocycles. The van der Waals surface area contributed by atoms with Gasteiger partial charge in [0, 0.05) is 30.9 Å². The van der Waals surface area contributed by atoms with Crippen molar-refractivity contribution in [3.63, 3.8) is 0 Å². The van der Waals surface area contributed by atoms with Gasteiger partial charge in [0.1, 0.15) is 0 Å². The SMILES string of the molecule is CCN(CC)c1ccc(C(=O)NNC(=S)NCCCN(C)C)cc1. The van der Waals surface area contributed by atoms with E-state index in [0.717, 1.165) is 38.3 Å². The lowest BCUT2D eigenvalue weighted by atomic mass is 10.2. The molecule has 1 aromatic carbocycles. The quantitative estimate of drug-likeness (QED) is 0.376. The number of hydrazine groups is 1. The average Bonchev–Trinajstić information content (AvgIpc) is 2.58. The van der Waals surface area contributed by atoms with E-state index in [1.807, 2.05) is 38.4 Å². The molecular weight excluding hydrogens is 322 g/mol. The van der Waals surface area contributed by atoms with E-state index < -0.39 is 0 Å². The highest BCUT2D eigenvalue weighted by atomic mass is 32.1. The van der Waals surface area contributed by atoms with Gasteiger partial charge in [-0.05, 0) is 77.4 Å². The molecule has 7 heteroatoms. The third-order valence-electron chi connectivity index (χ3n) is 3.62. The van der Waals surface area contributed by atoms with Crippen LogP contribution in [-0.2, 0) is 0 Å². The van der Waals surface area contributed by atoms with Crippen LogP contribution < -0.4 is 21.1 Å². The summed E-state index contributed by atoms with van der Waals surface area (Å²) in [5.41, 5.74) is 7.04. The van der Waals surface area contributed by atoms with E-state index in [2.05, 4.69) is 39.8 Å². The predicted octanol–water partition coefficient (Wildman–Crippen LogP) is 1.59. The lowest BCUT2D eigenvalue weighted by Gasteiger charge is -2.21. The zero-order valence-corrected chi connectivity index (χ0v) is 15.9. The Morgan fingerprint density at radius 3 is 2.25 bits per heavy atom. The Morgan fingerprint density at radius 2 is 1.71 bits per heavy atom. The third kappa shape index (κ3) is 7.14. The van der Waals surface area contributed by atoms with Gasteiger partial charge in [0.2, 0.25) is 0 Å². The number of hydrogen-bond donors (Lipinski definition) is 3. The Hall–Kier alpha value is -1.86. The molecule has 0 bridgehead atoms. The molecule has 0 atom stereocenters. The molecule has 3 N–H and O–H groups in total. The van der Waals surface area contributed by atoms with Gasteiger partial charge in [0.25, 0.3) is 5.91 Å². The molecule has 0 aliphatic rings. The van der Waals surface area contributed by atoms with E-state index in [-0.39, 0.29) is 5.91 Å². The van der Waals surface area contributed by atoms with E-state index >= 15 is 0 Å². The van der Waals surface area contributed by atoms with E-state index in [1.54, 1.807) is 0 Å². The summed E-state index contributed by atoms with van der Waals surface area (Å²) >= 11 is 5.13. The van der Waals surface area contributed by atoms with E-state index in [9.17, 15) is 4.79 Å². The second-order valence-corrected chi connectivity index (χ2v) is 6.12. The largest absolute Gasteiger partial charge is 0.372 e. The van der Waals surface area contributed by atoms with Gasteiger partial charge in [0.05, 0.1) is 0 Å². The van der Waals surface area contributed by atoms with Crippen molar-refractivity contribution in [2.75, 3.05) is 45.2 Å². The van der Waals surface area contributed by atoms with Crippen LogP contribution >= 0.6 is 12.2 Å². The highest BCUT2D eigenvalue weighted by Gasteiger charge is 2.07. The number of nitrogens with zero attached hydrogens (tertiary/aromatic N) is 2. The number of benzene rings is 1. The number of thiocarbonyl (C=S) groups is 1. The molecule has 1 aromatic rings. The standard InChI is InChI=1S/C17H29N5OS/c1-5-22(6-2)15-10-8-14(9-11-15)16(23)19-20-17(24)18-12-7-13-21(3)4/h8-11H,5-7,12-13H2,1-4H3,(H,19,23)(H2,18,20,24). The summed E-state index contributed by atoms with van der Waals surface area (Å²) in [7, 11) is 4.06. The fourth-order valence-corrected chi connectivity index (χ4v) is 2.39. The topological polar surface area (TPSA) is 59.6 Å². The molecule has 6 nitrogen and oxygen atoms in total. The number of nitrogens with one attached hydrogen (secondary N) is 3. The predicted molar refractivity (Wildman–Crippen MR) is 104 cm³/mol. The van der Waals surface area contributed by atoms with Crippen LogP contribution in [0.2, 0.25) is 0 Å². The third-order valence-corrected chi connectivity index (χ3v) is 3.86. The highest BCUT2D eigenvalue weighted by Crippen LogP contribution is 2.14. The maximum absolute atomic E-state index is 12.1. The summed E-state index contributed by atoms with van der Waals surface area (Å²) in [6, 6.07) is 7.55. The molecule has 0 spiro atoms. The van der Waals surface area contributed by atoms with Gasteiger partial charge in [-0.25, -0.2) is 0 Å². The number of anilines is 1. The normalized spacial score (nSPS) is 10.4. The van der Waals surface area contributed by atoms with Crippen LogP contribution in [0.15, 0.2) is 24.3 Å². The Kier molecular flexibility index (Phi) is 9.11. The van der Waals surface area contributed by atoms with Gasteiger partial charge < -0.3 is 15.1 Å². The molecule has 0 unspecified atom stereocenters. The van der Waals surface area contributed by atoms with Gasteiger partial charge >= 0.3 is 0 Å². The van der Waals surface area contributed by atoms with Crippen LogP contribution in [-0.4, -0.2) is 56.2 Å². The Bertz CT molecular complexity index is 514. The molecule has 0 fully saturated rings. The van der Waals surface area contributed by atoms with Crippen LogP contribution in [0.5, 0.6) is 0 Å². The maximum atomic E-state index is 12.1. The van der Waals surface area contributed by atoms with E-state index in [0.29, 0.717) is 10.7 Å². The zero-order chi connectivity index (χ0) is 17.9. The minimum absolute atomic E-state index is 0.210. The summed E-state index contributed by atoms with van der Waals surface area (Å²) < 4.78 is 0. The second kappa shape index (κ2) is 10.8. The summed E-state index contributed by atoms with van der Waals surface area (Å²) in [5.74, 6) is -0.210. The van der Waals surface area contributed by atoms with Crippen molar-refractivity contribution in [2.24, 2.45) is 0 Å². The first-order valence-corrected chi connectivity index (χ1v) is 8.72. The maximum Gasteiger partial charge on any atom is 0.269 e. The lowest BCUT2D eigenvalue weighted by Crippen LogP contribution is -2.47. The summed E-state index contributed by atoms with van der Waals surface area (Å²) in [6.45, 7) is 7.86. The monoisotopic (exact) mass is 351 g/mol. The van der Waals surface area contributed by atoms with Crippen LogP contribution in [0.4, 0.5) is 5.69 Å². The van der Waals surface area contributed by atoms with Crippen molar-refractivity contribution in [1.82, 2.24) is 21.1 Å². The van der Waals surface area contributed by atoms with Gasteiger partial charge in [0.15, 0.2) is 5.11 Å². The van der Waals surface area contributed by atoms with Crippen LogP contribution in [0.25, 0.3) is 0 Å². The van der Waals surface area contributed by atoms with E-state index in [4.69, 9.17) is 12.2 Å². The van der Waals surface area contributed by atoms with Crippen molar-refractivity contribution in [1.29, 1.82) is 0 Å². The fourth-order valence-electron chi connectivity index (χ4n) is 2.24. The molecule has 0 saturated heterocycles. The molecule has 0 saturated carbocycles. The first-order valence-electron chi connectivity index (χ1n) is 8.31. The fraction of sp³-hybridized carbons (Fsp3) is 0.529. The van der Waals surface area contributed by atoms with Gasteiger partial charge in [-0.3, -0.25) is 15.6 Å². The van der Waals surface area contributed by atoms with Crippen molar-refractivity contribution in [3.05, 3.63) is 29.8 Å². The molecule has 24 heavy (non-hydrogen) atoms. The summed E-state index contributed by atoms with van der Waals surface area (Å²) in [6.07, 6.45) is 0.982. The number of carbonyl (C=O) groups is 1. The van der Waals surface area contributed by atoms with Gasteiger partial charge in [-0.1, -0.05) is 0 Å². The molecular formula is C17H29N5OS. The second-order valence-electron chi connectivity index (χ2n) is 5.71. The molecule has 134 valence electrons. The zero-order valence-electron chi connectivity index (χ0n) is 15.1. The molecule has 0 aliphatic heterocycles. The molecule has 0 heterocycles. The van der Waals surface area contributed by atoms with Crippen molar-refractivity contribution in [3.8, 4) is 0 Å². The number of amides is 1. The van der Waals surface area contributed by atoms with Gasteiger partial charge in [-0.2, -0.15) is 0 Å². The molecule has 1 rings (SSSR count). The highest BCUT2D eigenvalue weighted by molar-refractivity contribution is 7.80. The van der Waals surface area contributed by atoms with Crippen molar-refractivity contribution < 1.29 is 4.79 Å². The average molecular weight is 352 g/mol. The minimum Gasteiger partial charge on any atom is -0.372 e. The first kappa shape index (κ1) is 20.2. The number of rotatable bonds is 8. The molecule has 1 amide bonds. The van der Waals surface area contributed by atoms with Crippen molar-refractivity contribution in [2.45, 2.75) is 20.3 Å². The van der Waals surface area contributed by atoms with Crippen LogP contribution in [0, 0.1) is 0 Å². The Morgan fingerprint density at radius 1 is 1.08 bits per heavy atom. The molecule has 0 aromatic heterocycles. The summed E-state index contributed by atoms with van der Waals surface area (Å²) in [5, 5.41) is 3.47. The number of hydrogen-bond acceptors (Lipinski definition) is 4. The lowest BCUT2D eigenvalue weighted by molar-refractivity contribution is 0.0943. The smallest absolute Gasteiger partial charge is 0.269 e. The minimum atomic E-state index is -0.210. The first-order chi connectivity index (χ1) is 11.5. The van der Waals surface area contributed by atoms with Crippen molar-refractivity contribution >= 4 is 28.9 Å². The Labute approximate surface area is 150 Å². The van der Waals surface area contributed by atoms with Crippen LogP contribution in [0.1, 0.15) is 30.6 Å². The van der Waals surface area contributed by atoms with E-state index in [1.165, 1.54) is 0 Å².